The topological polar surface area (TPSA) is 43.4 Å². The Kier molecular flexibility index (Phi) is 6.43. The molecule has 2 unspecified atom stereocenters. The van der Waals surface area contributed by atoms with E-state index in [2.05, 4.69) is 0 Å². The van der Waals surface area contributed by atoms with Gasteiger partial charge >= 0.3 is 5.97 Å². The summed E-state index contributed by atoms with van der Waals surface area (Å²) in [6, 6.07) is 0. The Labute approximate surface area is 105 Å². The Morgan fingerprint density at radius 3 is 1.47 bits per heavy atom. The maximum Gasteiger partial charge on any atom is 0.310 e. The van der Waals surface area contributed by atoms with Crippen LogP contribution in [-0.4, -0.2) is 17.9 Å². The van der Waals surface area contributed by atoms with Gasteiger partial charge in [-0.2, -0.15) is 0 Å². The van der Waals surface area contributed by atoms with Crippen LogP contribution in [0.1, 0.15) is 48.5 Å². The molecule has 0 bridgehead atoms. The lowest BCUT2D eigenvalue weighted by Crippen LogP contribution is -2.37. The molecule has 0 aliphatic carbocycles. The molecule has 0 saturated carbocycles. The Bertz CT molecular complexity index is 267. The molecule has 100 valence electrons. The number of ether oxygens (including phenoxy) is 1. The molecule has 0 aromatic heterocycles. The molecule has 0 saturated heterocycles. The first-order valence-corrected chi connectivity index (χ1v) is 6.39. The Balaban J connectivity index is 5.06. The largest absolute Gasteiger partial charge is 0.463 e. The first-order chi connectivity index (χ1) is 7.68. The Morgan fingerprint density at radius 1 is 0.824 bits per heavy atom. The minimum atomic E-state index is -0.338. The molecule has 0 aliphatic rings. The fourth-order valence-electron chi connectivity index (χ4n) is 2.28. The molecule has 0 rings (SSSR count). The van der Waals surface area contributed by atoms with Crippen LogP contribution in [0.2, 0.25) is 0 Å². The molecule has 0 N–H and O–H groups in total. The molecule has 0 fully saturated rings. The summed E-state index contributed by atoms with van der Waals surface area (Å²) in [6.45, 7) is 13.1. The van der Waals surface area contributed by atoms with E-state index in [1.165, 1.54) is 0 Å². The van der Waals surface area contributed by atoms with E-state index in [0.717, 1.165) is 0 Å². The number of rotatable bonds is 6. The van der Waals surface area contributed by atoms with Crippen LogP contribution in [0.3, 0.4) is 0 Å². The SMILES string of the molecule is CC(=O)C(C(C)C)C(C(=O)OC(C)C)C(C)C. The third kappa shape index (κ3) is 4.88. The van der Waals surface area contributed by atoms with Crippen LogP contribution in [-0.2, 0) is 14.3 Å². The maximum absolute atomic E-state index is 12.1. The van der Waals surface area contributed by atoms with E-state index >= 15 is 0 Å². The van der Waals surface area contributed by atoms with Crippen molar-refractivity contribution in [3.63, 3.8) is 0 Å². The summed E-state index contributed by atoms with van der Waals surface area (Å²) in [5.74, 6) is -0.503. The van der Waals surface area contributed by atoms with Gasteiger partial charge in [0.05, 0.1) is 12.0 Å². The van der Waals surface area contributed by atoms with Crippen LogP contribution in [0, 0.1) is 23.7 Å². The number of carbonyl (C=O) groups is 2. The van der Waals surface area contributed by atoms with E-state index in [0.29, 0.717) is 0 Å². The molecule has 0 aliphatic heterocycles. The van der Waals surface area contributed by atoms with Crippen molar-refractivity contribution in [2.75, 3.05) is 0 Å². The predicted octanol–water partition coefficient (Wildman–Crippen LogP) is 3.07. The highest BCUT2D eigenvalue weighted by Crippen LogP contribution is 2.29. The van der Waals surface area contributed by atoms with Crippen molar-refractivity contribution in [3.05, 3.63) is 0 Å². The summed E-state index contributed by atoms with van der Waals surface area (Å²) >= 11 is 0. The van der Waals surface area contributed by atoms with Crippen molar-refractivity contribution < 1.29 is 14.3 Å². The standard InChI is InChI=1S/C14H26O3/c1-8(2)12(11(7)15)13(9(3)4)14(16)17-10(5)6/h8-10,12-13H,1-7H3. The minimum absolute atomic E-state index is 0.0689. The van der Waals surface area contributed by atoms with Crippen LogP contribution in [0.4, 0.5) is 0 Å². The molecule has 0 aromatic rings. The lowest BCUT2D eigenvalue weighted by molar-refractivity contribution is -0.159. The molecule has 3 nitrogen and oxygen atoms in total. The highest BCUT2D eigenvalue weighted by atomic mass is 16.5. The second kappa shape index (κ2) is 6.77. The lowest BCUT2D eigenvalue weighted by atomic mass is 9.75. The molecule has 0 amide bonds. The normalized spacial score (nSPS) is 15.2. The van der Waals surface area contributed by atoms with Crippen LogP contribution in [0.15, 0.2) is 0 Å². The highest BCUT2D eigenvalue weighted by molar-refractivity contribution is 5.85. The fourth-order valence-corrected chi connectivity index (χ4v) is 2.28. The second-order valence-corrected chi connectivity index (χ2v) is 5.64. The van der Waals surface area contributed by atoms with E-state index < -0.39 is 0 Å². The molecule has 0 aromatic carbocycles. The van der Waals surface area contributed by atoms with Crippen molar-refractivity contribution in [3.8, 4) is 0 Å². The first kappa shape index (κ1) is 16.1. The van der Waals surface area contributed by atoms with Gasteiger partial charge in [0.2, 0.25) is 0 Å². The second-order valence-electron chi connectivity index (χ2n) is 5.64. The summed E-state index contributed by atoms with van der Waals surface area (Å²) < 4.78 is 5.26. The predicted molar refractivity (Wildman–Crippen MR) is 68.6 cm³/mol. The van der Waals surface area contributed by atoms with Gasteiger partial charge in [0, 0.05) is 5.92 Å². The summed E-state index contributed by atoms with van der Waals surface area (Å²) in [6.07, 6.45) is -0.136. The van der Waals surface area contributed by atoms with Crippen molar-refractivity contribution in [1.82, 2.24) is 0 Å². The number of carbonyl (C=O) groups excluding carboxylic acids is 2. The maximum atomic E-state index is 12.1. The smallest absolute Gasteiger partial charge is 0.310 e. The van der Waals surface area contributed by atoms with E-state index in [1.54, 1.807) is 6.92 Å². The number of hydrogen-bond donors (Lipinski definition) is 0. The minimum Gasteiger partial charge on any atom is -0.463 e. The van der Waals surface area contributed by atoms with Crippen LogP contribution >= 0.6 is 0 Å². The average molecular weight is 242 g/mol. The zero-order chi connectivity index (χ0) is 13.7. The van der Waals surface area contributed by atoms with E-state index in [1.807, 2.05) is 41.5 Å². The van der Waals surface area contributed by atoms with E-state index in [4.69, 9.17) is 4.74 Å². The molecular formula is C14H26O3. The zero-order valence-corrected chi connectivity index (χ0v) is 12.1. The molecule has 17 heavy (non-hydrogen) atoms. The molecule has 3 heteroatoms. The fraction of sp³-hybridized carbons (Fsp3) is 0.857. The molecule has 0 spiro atoms. The summed E-state index contributed by atoms with van der Waals surface area (Å²) in [4.78, 5) is 23.8. The van der Waals surface area contributed by atoms with Gasteiger partial charge in [0.25, 0.3) is 0 Å². The van der Waals surface area contributed by atoms with Gasteiger partial charge in [0.1, 0.15) is 5.78 Å². The van der Waals surface area contributed by atoms with Gasteiger partial charge in [-0.15, -0.1) is 0 Å². The van der Waals surface area contributed by atoms with Crippen LogP contribution in [0.25, 0.3) is 0 Å². The first-order valence-electron chi connectivity index (χ1n) is 6.39. The van der Waals surface area contributed by atoms with Gasteiger partial charge in [-0.3, -0.25) is 9.59 Å². The van der Waals surface area contributed by atoms with Crippen molar-refractivity contribution in [2.24, 2.45) is 23.7 Å². The van der Waals surface area contributed by atoms with E-state index in [9.17, 15) is 9.59 Å². The van der Waals surface area contributed by atoms with Gasteiger partial charge in [-0.05, 0) is 32.6 Å². The number of ketones is 1. The van der Waals surface area contributed by atoms with Gasteiger partial charge in [-0.25, -0.2) is 0 Å². The molecule has 2 atom stereocenters. The lowest BCUT2D eigenvalue weighted by Gasteiger charge is -2.30. The van der Waals surface area contributed by atoms with Crippen molar-refractivity contribution >= 4 is 11.8 Å². The van der Waals surface area contributed by atoms with Gasteiger partial charge < -0.3 is 4.74 Å². The van der Waals surface area contributed by atoms with Crippen molar-refractivity contribution in [1.29, 1.82) is 0 Å². The summed E-state index contributed by atoms with van der Waals surface area (Å²) in [7, 11) is 0. The quantitative estimate of drug-likeness (QED) is 0.672. The molecule has 0 radical (unpaired) electrons. The third-order valence-electron chi connectivity index (χ3n) is 2.92. The summed E-state index contributed by atoms with van der Waals surface area (Å²) in [5, 5.41) is 0. The molecule has 0 heterocycles. The Hall–Kier alpha value is -0.860. The van der Waals surface area contributed by atoms with Gasteiger partial charge in [0.15, 0.2) is 0 Å². The number of esters is 1. The number of hydrogen-bond acceptors (Lipinski definition) is 3. The van der Waals surface area contributed by atoms with Crippen molar-refractivity contribution in [2.45, 2.75) is 54.6 Å². The van der Waals surface area contributed by atoms with Crippen LogP contribution < -0.4 is 0 Å². The van der Waals surface area contributed by atoms with Crippen LogP contribution in [0.5, 0.6) is 0 Å². The monoisotopic (exact) mass is 242 g/mol. The zero-order valence-electron chi connectivity index (χ0n) is 12.1. The Morgan fingerprint density at radius 2 is 1.24 bits per heavy atom. The summed E-state index contributed by atoms with van der Waals surface area (Å²) in [5.41, 5.74) is 0. The molecular weight excluding hydrogens is 216 g/mol. The number of Topliss-reactive ketones (excluding diaryl/α,β-unsaturated/α-hetero) is 1. The third-order valence-corrected chi connectivity index (χ3v) is 2.92. The highest BCUT2D eigenvalue weighted by Gasteiger charge is 2.37. The average Bonchev–Trinajstić information content (AvgIpc) is 2.10. The van der Waals surface area contributed by atoms with E-state index in [-0.39, 0.29) is 41.5 Å². The van der Waals surface area contributed by atoms with Gasteiger partial charge in [-0.1, -0.05) is 27.7 Å².